The summed E-state index contributed by atoms with van der Waals surface area (Å²) in [5, 5.41) is 2.56. The second-order valence-corrected chi connectivity index (χ2v) is 8.04. The van der Waals surface area contributed by atoms with Crippen LogP contribution in [-0.2, 0) is 9.53 Å². The molecule has 172 valence electrons. The third kappa shape index (κ3) is 4.18. The monoisotopic (exact) mass is 477 g/mol. The second-order valence-electron chi connectivity index (χ2n) is 7.66. The van der Waals surface area contributed by atoms with Crippen molar-refractivity contribution in [2.24, 2.45) is 0 Å². The van der Waals surface area contributed by atoms with Gasteiger partial charge in [-0.3, -0.25) is 14.4 Å². The number of hydrogen-bond acceptors (Lipinski definition) is 6. The topological polar surface area (TPSA) is 98.8 Å². The molecule has 3 aromatic rings. The zero-order valence-electron chi connectivity index (χ0n) is 18.4. The molecule has 0 saturated carbocycles. The second kappa shape index (κ2) is 9.49. The Morgan fingerprint density at radius 3 is 2.26 bits per heavy atom. The third-order valence-corrected chi connectivity index (χ3v) is 5.96. The van der Waals surface area contributed by atoms with E-state index >= 15 is 0 Å². The summed E-state index contributed by atoms with van der Waals surface area (Å²) in [5.74, 6) is -1.59. The van der Waals surface area contributed by atoms with Gasteiger partial charge in [0.2, 0.25) is 0 Å². The van der Waals surface area contributed by atoms with Gasteiger partial charge in [-0.1, -0.05) is 54.1 Å². The van der Waals surface area contributed by atoms with Crippen molar-refractivity contribution in [2.45, 2.75) is 13.0 Å². The molecule has 0 radical (unpaired) electrons. The number of ketones is 2. The molecule has 0 heterocycles. The molecule has 1 aliphatic rings. The summed E-state index contributed by atoms with van der Waals surface area (Å²) in [6.45, 7) is 1.22. The lowest BCUT2D eigenvalue weighted by molar-refractivity contribution is -0.124. The maximum Gasteiger partial charge on any atom is 0.340 e. The van der Waals surface area contributed by atoms with Crippen molar-refractivity contribution in [1.82, 2.24) is 5.32 Å². The molecule has 0 bridgehead atoms. The molecule has 0 spiro atoms. The fraction of sp³-hybridized carbons (Fsp3) is 0.154. The van der Waals surface area contributed by atoms with Gasteiger partial charge in [0.25, 0.3) is 5.91 Å². The summed E-state index contributed by atoms with van der Waals surface area (Å²) < 4.78 is 10.4. The average Bonchev–Trinajstić information content (AvgIpc) is 2.85. The summed E-state index contributed by atoms with van der Waals surface area (Å²) in [6, 6.07) is 16.0. The lowest BCUT2D eigenvalue weighted by Crippen LogP contribution is -2.31. The first-order valence-electron chi connectivity index (χ1n) is 10.4. The molecule has 8 heteroatoms. The van der Waals surface area contributed by atoms with E-state index in [9.17, 15) is 19.2 Å². The number of fused-ring (bicyclic) bond motifs is 2. The molecule has 1 N–H and O–H groups in total. The highest BCUT2D eigenvalue weighted by Crippen LogP contribution is 2.34. The number of halogens is 1. The standard InChI is InChI=1S/C26H20ClNO6/c1-14(15-7-5-6-10-20(15)33-2)28-21(29)13-34-26(32)19-12-11-18-22(23(19)27)25(31)17-9-4-3-8-16(17)24(18)30/h3-12,14H,13H2,1-2H3,(H,28,29). The number of esters is 1. The molecule has 7 nitrogen and oxygen atoms in total. The van der Waals surface area contributed by atoms with Gasteiger partial charge in [0, 0.05) is 22.3 Å². The van der Waals surface area contributed by atoms with Gasteiger partial charge in [-0.05, 0) is 25.1 Å². The van der Waals surface area contributed by atoms with Crippen LogP contribution in [0.3, 0.4) is 0 Å². The van der Waals surface area contributed by atoms with Gasteiger partial charge in [-0.15, -0.1) is 0 Å². The Morgan fingerprint density at radius 2 is 1.56 bits per heavy atom. The number of hydrogen-bond donors (Lipinski definition) is 1. The predicted octanol–water partition coefficient (Wildman–Crippen LogP) is 4.16. The first kappa shape index (κ1) is 23.2. The Morgan fingerprint density at radius 1 is 0.912 bits per heavy atom. The zero-order chi connectivity index (χ0) is 24.4. The van der Waals surface area contributed by atoms with Crippen LogP contribution < -0.4 is 10.1 Å². The van der Waals surface area contributed by atoms with Crippen LogP contribution in [0.5, 0.6) is 5.75 Å². The van der Waals surface area contributed by atoms with Crippen LogP contribution in [0.1, 0.15) is 60.7 Å². The molecular formula is C26H20ClNO6. The van der Waals surface area contributed by atoms with Gasteiger partial charge in [0.05, 0.1) is 29.3 Å². The van der Waals surface area contributed by atoms with Crippen molar-refractivity contribution < 1.29 is 28.7 Å². The maximum atomic E-state index is 13.0. The summed E-state index contributed by atoms with van der Waals surface area (Å²) in [4.78, 5) is 50.7. The zero-order valence-corrected chi connectivity index (χ0v) is 19.1. The van der Waals surface area contributed by atoms with Gasteiger partial charge in [-0.2, -0.15) is 0 Å². The fourth-order valence-corrected chi connectivity index (χ4v) is 4.23. The SMILES string of the molecule is COc1ccccc1C(C)NC(=O)COC(=O)c1ccc2c(c1Cl)C(=O)c1ccccc1C2=O. The van der Waals surface area contributed by atoms with Gasteiger partial charge >= 0.3 is 5.97 Å². The highest BCUT2D eigenvalue weighted by Gasteiger charge is 2.33. The number of ether oxygens (including phenoxy) is 2. The van der Waals surface area contributed by atoms with Crippen LogP contribution in [-0.4, -0.2) is 37.2 Å². The lowest BCUT2D eigenvalue weighted by atomic mass is 9.83. The van der Waals surface area contributed by atoms with E-state index in [4.69, 9.17) is 21.1 Å². The Bertz CT molecular complexity index is 1330. The molecule has 4 rings (SSSR count). The average molecular weight is 478 g/mol. The van der Waals surface area contributed by atoms with E-state index in [1.54, 1.807) is 31.2 Å². The van der Waals surface area contributed by atoms with Crippen molar-refractivity contribution in [3.63, 3.8) is 0 Å². The molecule has 1 unspecified atom stereocenters. The molecule has 3 aromatic carbocycles. The van der Waals surface area contributed by atoms with Gasteiger partial charge < -0.3 is 14.8 Å². The predicted molar refractivity (Wildman–Crippen MR) is 125 cm³/mol. The number of benzene rings is 3. The quantitative estimate of drug-likeness (QED) is 0.419. The number of rotatable bonds is 6. The van der Waals surface area contributed by atoms with E-state index in [2.05, 4.69) is 5.32 Å². The number of amides is 1. The van der Waals surface area contributed by atoms with Crippen molar-refractivity contribution in [3.8, 4) is 5.75 Å². The minimum atomic E-state index is -0.882. The van der Waals surface area contributed by atoms with Crippen LogP contribution in [0.2, 0.25) is 5.02 Å². The van der Waals surface area contributed by atoms with Gasteiger partial charge in [0.15, 0.2) is 18.2 Å². The van der Waals surface area contributed by atoms with E-state index in [1.807, 2.05) is 18.2 Å². The Hall–Kier alpha value is -3.97. The van der Waals surface area contributed by atoms with Crippen LogP contribution in [0, 0.1) is 0 Å². The molecular weight excluding hydrogens is 458 g/mol. The highest BCUT2D eigenvalue weighted by atomic mass is 35.5. The highest BCUT2D eigenvalue weighted by molar-refractivity contribution is 6.41. The molecule has 34 heavy (non-hydrogen) atoms. The molecule has 0 saturated heterocycles. The first-order valence-corrected chi connectivity index (χ1v) is 10.8. The molecule has 0 fully saturated rings. The Balaban J connectivity index is 1.48. The van der Waals surface area contributed by atoms with E-state index < -0.39 is 30.3 Å². The van der Waals surface area contributed by atoms with Crippen molar-refractivity contribution in [1.29, 1.82) is 0 Å². The largest absolute Gasteiger partial charge is 0.496 e. The van der Waals surface area contributed by atoms with Crippen LogP contribution in [0.25, 0.3) is 0 Å². The lowest BCUT2D eigenvalue weighted by Gasteiger charge is -2.19. The molecule has 1 amide bonds. The molecule has 1 atom stereocenters. The van der Waals surface area contributed by atoms with Crippen molar-refractivity contribution in [2.75, 3.05) is 13.7 Å². The third-order valence-electron chi connectivity index (χ3n) is 5.57. The minimum Gasteiger partial charge on any atom is -0.496 e. The van der Waals surface area contributed by atoms with Crippen LogP contribution in [0.4, 0.5) is 0 Å². The van der Waals surface area contributed by atoms with Crippen molar-refractivity contribution in [3.05, 3.63) is 99.1 Å². The van der Waals surface area contributed by atoms with Gasteiger partial charge in [0.1, 0.15) is 5.75 Å². The van der Waals surface area contributed by atoms with Crippen molar-refractivity contribution >= 4 is 35.0 Å². The summed E-state index contributed by atoms with van der Waals surface area (Å²) >= 11 is 6.37. The minimum absolute atomic E-state index is 0.0472. The molecule has 0 aromatic heterocycles. The van der Waals surface area contributed by atoms with E-state index in [0.29, 0.717) is 5.75 Å². The normalized spacial score (nSPS) is 12.9. The summed E-state index contributed by atoms with van der Waals surface area (Å²) in [7, 11) is 1.54. The summed E-state index contributed by atoms with van der Waals surface area (Å²) in [6.07, 6.45) is 0. The number of nitrogens with one attached hydrogen (secondary N) is 1. The smallest absolute Gasteiger partial charge is 0.340 e. The van der Waals surface area contributed by atoms with Crippen LogP contribution >= 0.6 is 11.6 Å². The van der Waals surface area contributed by atoms with Gasteiger partial charge in [-0.25, -0.2) is 4.79 Å². The van der Waals surface area contributed by atoms with Crippen LogP contribution in [0.15, 0.2) is 60.7 Å². The van der Waals surface area contributed by atoms with E-state index in [1.165, 1.54) is 25.3 Å². The number of carbonyl (C=O) groups is 4. The van der Waals surface area contributed by atoms with E-state index in [-0.39, 0.29) is 38.6 Å². The van der Waals surface area contributed by atoms with E-state index in [0.717, 1.165) is 5.56 Å². The molecule has 0 aliphatic heterocycles. The molecule has 1 aliphatic carbocycles. The number of carbonyl (C=O) groups excluding carboxylic acids is 4. The summed E-state index contributed by atoms with van der Waals surface area (Å²) in [5.41, 5.74) is 1.24. The first-order chi connectivity index (χ1) is 16.3. The Kier molecular flexibility index (Phi) is 6.47. The fourth-order valence-electron chi connectivity index (χ4n) is 3.90. The number of para-hydroxylation sites is 1. The maximum absolute atomic E-state index is 13.0. The Labute approximate surface area is 200 Å². The number of methoxy groups -OCH3 is 1.